The van der Waals surface area contributed by atoms with E-state index in [1.54, 1.807) is 0 Å². The van der Waals surface area contributed by atoms with Crippen LogP contribution in [0.25, 0.3) is 0 Å². The van der Waals surface area contributed by atoms with E-state index in [-0.39, 0.29) is 5.78 Å². The minimum absolute atomic E-state index is 0.0497. The maximum absolute atomic E-state index is 14.5. The van der Waals surface area contributed by atoms with Crippen LogP contribution in [0.3, 0.4) is 0 Å². The van der Waals surface area contributed by atoms with E-state index in [0.717, 1.165) is 20.4 Å². The van der Waals surface area contributed by atoms with Gasteiger partial charge in [0, 0.05) is 10.0 Å². The standard InChI is InChI=1S/C32H25BrN2OP/c33-26-21-23-27(24-22-26)34-35-32(31(36)25-13-5-1-6-14-25)37(28-15-7-2-8-16-28,29-17-9-3-10-18-29)30-19-11-4-12-20-30/h1-24,32H/q+1. The Morgan fingerprint density at radius 2 is 0.973 bits per heavy atom. The molecule has 5 aromatic rings. The van der Waals surface area contributed by atoms with Crippen molar-refractivity contribution in [2.75, 3.05) is 0 Å². The van der Waals surface area contributed by atoms with Crippen LogP contribution in [0.15, 0.2) is 160 Å². The van der Waals surface area contributed by atoms with Gasteiger partial charge in [-0.1, -0.05) is 101 Å². The van der Waals surface area contributed by atoms with Gasteiger partial charge in [0.15, 0.2) is 0 Å². The number of hydrogen-bond acceptors (Lipinski definition) is 3. The van der Waals surface area contributed by atoms with E-state index in [2.05, 4.69) is 57.4 Å². The molecule has 0 N–H and O–H groups in total. The maximum atomic E-state index is 14.5. The van der Waals surface area contributed by atoms with Crippen molar-refractivity contribution >= 4 is 50.6 Å². The third-order valence-corrected chi connectivity index (χ3v) is 11.2. The number of ketones is 1. The van der Waals surface area contributed by atoms with E-state index in [1.165, 1.54) is 0 Å². The summed E-state index contributed by atoms with van der Waals surface area (Å²) in [5.74, 6) is -0.808. The number of azo groups is 1. The minimum atomic E-state index is -2.65. The molecule has 0 saturated carbocycles. The van der Waals surface area contributed by atoms with Crippen LogP contribution < -0.4 is 15.9 Å². The Labute approximate surface area is 226 Å². The van der Waals surface area contributed by atoms with E-state index >= 15 is 0 Å². The number of nitrogens with zero attached hydrogens (tertiary/aromatic N) is 2. The summed E-state index contributed by atoms with van der Waals surface area (Å²) in [6, 6.07) is 48.0. The molecule has 0 amide bonds. The zero-order valence-corrected chi connectivity index (χ0v) is 22.5. The quantitative estimate of drug-likeness (QED) is 0.108. The number of rotatable bonds is 8. The van der Waals surface area contributed by atoms with Crippen molar-refractivity contribution in [2.45, 2.75) is 5.78 Å². The Morgan fingerprint density at radius 3 is 1.41 bits per heavy atom. The Bertz CT molecular complexity index is 1380. The molecule has 3 nitrogen and oxygen atoms in total. The maximum Gasteiger partial charge on any atom is 0.253 e. The first-order chi connectivity index (χ1) is 18.2. The molecule has 0 aromatic heterocycles. The topological polar surface area (TPSA) is 41.8 Å². The first kappa shape index (κ1) is 25.0. The van der Waals surface area contributed by atoms with E-state index in [0.29, 0.717) is 11.3 Å². The average Bonchev–Trinajstić information content (AvgIpc) is 2.98. The summed E-state index contributed by atoms with van der Waals surface area (Å²) >= 11 is 3.48. The molecule has 180 valence electrons. The molecule has 37 heavy (non-hydrogen) atoms. The van der Waals surface area contributed by atoms with E-state index in [1.807, 2.05) is 109 Å². The monoisotopic (exact) mass is 563 g/mol. The zero-order chi connectivity index (χ0) is 25.5. The molecule has 5 aromatic carbocycles. The van der Waals surface area contributed by atoms with Crippen LogP contribution in [0.2, 0.25) is 0 Å². The van der Waals surface area contributed by atoms with Crippen LogP contribution in [0.1, 0.15) is 10.4 Å². The van der Waals surface area contributed by atoms with Crippen molar-refractivity contribution in [1.82, 2.24) is 0 Å². The second kappa shape index (κ2) is 11.6. The Balaban J connectivity index is 1.83. The first-order valence-corrected chi connectivity index (χ1v) is 14.7. The summed E-state index contributed by atoms with van der Waals surface area (Å²) in [6.45, 7) is 0. The van der Waals surface area contributed by atoms with Gasteiger partial charge in [-0.15, -0.1) is 5.11 Å². The lowest BCUT2D eigenvalue weighted by molar-refractivity contribution is 0.0988. The molecule has 0 spiro atoms. The summed E-state index contributed by atoms with van der Waals surface area (Å²) < 4.78 is 0.961. The van der Waals surface area contributed by atoms with Crippen molar-refractivity contribution in [3.05, 3.63) is 156 Å². The van der Waals surface area contributed by atoms with Gasteiger partial charge in [0.1, 0.15) is 23.2 Å². The molecule has 0 fully saturated rings. The largest absolute Gasteiger partial charge is 0.287 e. The summed E-state index contributed by atoms with van der Waals surface area (Å²) in [7, 11) is -2.65. The molecule has 0 saturated heterocycles. The summed E-state index contributed by atoms with van der Waals surface area (Å²) in [5, 5.41) is 12.8. The fraction of sp³-hybridized carbons (Fsp3) is 0.0312. The van der Waals surface area contributed by atoms with Gasteiger partial charge in [0.2, 0.25) is 5.78 Å². The van der Waals surface area contributed by atoms with Crippen LogP contribution in [-0.4, -0.2) is 11.6 Å². The van der Waals surface area contributed by atoms with Gasteiger partial charge in [-0.2, -0.15) is 5.11 Å². The van der Waals surface area contributed by atoms with E-state index < -0.39 is 13.0 Å². The summed E-state index contributed by atoms with van der Waals surface area (Å²) in [5.41, 5.74) is 1.32. The molecule has 1 atom stereocenters. The van der Waals surface area contributed by atoms with Crippen molar-refractivity contribution in [3.8, 4) is 0 Å². The highest BCUT2D eigenvalue weighted by Crippen LogP contribution is 2.61. The molecule has 0 aliphatic carbocycles. The zero-order valence-electron chi connectivity index (χ0n) is 20.1. The second-order valence-electron chi connectivity index (χ2n) is 8.53. The number of benzene rings is 5. The molecule has 0 aliphatic rings. The van der Waals surface area contributed by atoms with Crippen LogP contribution in [0.4, 0.5) is 5.69 Å². The summed E-state index contributed by atoms with van der Waals surface area (Å²) in [6.07, 6.45) is 0. The molecule has 0 heterocycles. The number of carbonyl (C=O) groups excluding carboxylic acids is 1. The fourth-order valence-electron chi connectivity index (χ4n) is 4.55. The number of halogens is 1. The normalized spacial score (nSPS) is 12.4. The van der Waals surface area contributed by atoms with Gasteiger partial charge in [-0.3, -0.25) is 4.79 Å². The highest BCUT2D eigenvalue weighted by Gasteiger charge is 2.56. The van der Waals surface area contributed by atoms with Gasteiger partial charge in [-0.05, 0) is 60.7 Å². The Morgan fingerprint density at radius 1 is 0.568 bits per heavy atom. The van der Waals surface area contributed by atoms with Crippen LogP contribution in [-0.2, 0) is 0 Å². The van der Waals surface area contributed by atoms with Gasteiger partial charge in [0.25, 0.3) is 5.78 Å². The lowest BCUT2D eigenvalue weighted by Crippen LogP contribution is -2.41. The minimum Gasteiger partial charge on any atom is -0.287 e. The highest BCUT2D eigenvalue weighted by atomic mass is 79.9. The summed E-state index contributed by atoms with van der Waals surface area (Å²) in [4.78, 5) is 14.5. The number of Topliss-reactive ketones (excluding diaryl/α,β-unsaturated/α-hetero) is 1. The number of hydrogen-bond donors (Lipinski definition) is 0. The van der Waals surface area contributed by atoms with Gasteiger partial charge < -0.3 is 0 Å². The molecular formula is C32H25BrN2OP+. The van der Waals surface area contributed by atoms with E-state index in [4.69, 9.17) is 5.11 Å². The highest BCUT2D eigenvalue weighted by molar-refractivity contribution is 9.10. The smallest absolute Gasteiger partial charge is 0.253 e. The van der Waals surface area contributed by atoms with E-state index in [9.17, 15) is 4.79 Å². The molecule has 0 radical (unpaired) electrons. The molecule has 5 rings (SSSR count). The van der Waals surface area contributed by atoms with Gasteiger partial charge in [0.05, 0.1) is 5.69 Å². The van der Waals surface area contributed by atoms with Crippen molar-refractivity contribution < 1.29 is 4.79 Å². The van der Waals surface area contributed by atoms with Gasteiger partial charge >= 0.3 is 0 Å². The lowest BCUT2D eigenvalue weighted by atomic mass is 10.1. The van der Waals surface area contributed by atoms with Gasteiger partial charge in [-0.25, -0.2) is 0 Å². The van der Waals surface area contributed by atoms with Crippen LogP contribution in [0.5, 0.6) is 0 Å². The van der Waals surface area contributed by atoms with Crippen molar-refractivity contribution in [3.63, 3.8) is 0 Å². The molecular weight excluding hydrogens is 539 g/mol. The lowest BCUT2D eigenvalue weighted by Gasteiger charge is -2.31. The predicted molar refractivity (Wildman–Crippen MR) is 158 cm³/mol. The second-order valence-corrected chi connectivity index (χ2v) is 12.9. The Hall–Kier alpha value is -3.72. The molecule has 0 bridgehead atoms. The van der Waals surface area contributed by atoms with Crippen molar-refractivity contribution in [2.24, 2.45) is 10.2 Å². The molecule has 1 unspecified atom stereocenters. The average molecular weight is 564 g/mol. The van der Waals surface area contributed by atoms with Crippen molar-refractivity contribution in [1.29, 1.82) is 0 Å². The SMILES string of the molecule is O=C(c1ccccc1)C(N=Nc1ccc(Br)cc1)[P+](c1ccccc1)(c1ccccc1)c1ccccc1. The van der Waals surface area contributed by atoms with Crippen LogP contribution >= 0.6 is 23.2 Å². The predicted octanol–water partition coefficient (Wildman–Crippen LogP) is 7.74. The fourth-order valence-corrected chi connectivity index (χ4v) is 9.19. The number of carbonyl (C=O) groups is 1. The molecule has 0 aliphatic heterocycles. The van der Waals surface area contributed by atoms with Crippen LogP contribution in [0, 0.1) is 0 Å². The molecule has 5 heteroatoms. The third-order valence-electron chi connectivity index (χ3n) is 6.26. The Kier molecular flexibility index (Phi) is 7.79. The first-order valence-electron chi connectivity index (χ1n) is 12.0. The third kappa shape index (κ3) is 5.22.